The van der Waals surface area contributed by atoms with Gasteiger partial charge in [0.15, 0.2) is 0 Å². The first-order valence-corrected chi connectivity index (χ1v) is 5.58. The van der Waals surface area contributed by atoms with Crippen molar-refractivity contribution in [1.82, 2.24) is 14.8 Å². The van der Waals surface area contributed by atoms with Gasteiger partial charge in [0.05, 0.1) is 7.11 Å². The Morgan fingerprint density at radius 1 is 1.53 bits per heavy atom. The molecule has 1 heterocycles. The van der Waals surface area contributed by atoms with Gasteiger partial charge >= 0.3 is 5.97 Å². The molecule has 0 aliphatic rings. The molecule has 0 fully saturated rings. The number of methoxy groups -OCH3 is 1. The van der Waals surface area contributed by atoms with Crippen LogP contribution in [-0.4, -0.2) is 27.8 Å². The molecule has 19 heavy (non-hydrogen) atoms. The van der Waals surface area contributed by atoms with Crippen molar-refractivity contribution >= 4 is 5.97 Å². The summed E-state index contributed by atoms with van der Waals surface area (Å²) in [7, 11) is 1.22. The van der Waals surface area contributed by atoms with E-state index < -0.39 is 11.8 Å². The number of benzene rings is 1. The van der Waals surface area contributed by atoms with Gasteiger partial charge in [-0.05, 0) is 24.6 Å². The third-order valence-corrected chi connectivity index (χ3v) is 2.60. The minimum Gasteiger partial charge on any atom is -0.463 e. The Morgan fingerprint density at radius 2 is 2.26 bits per heavy atom. The first-order chi connectivity index (χ1) is 9.02. The number of carbonyl (C=O) groups excluding carboxylic acids is 1. The van der Waals surface area contributed by atoms with Gasteiger partial charge in [0, 0.05) is 6.04 Å². The molecule has 2 rings (SSSR count). The van der Waals surface area contributed by atoms with Gasteiger partial charge < -0.3 is 10.5 Å². The van der Waals surface area contributed by atoms with Crippen LogP contribution in [0.4, 0.5) is 4.39 Å². The second-order valence-electron chi connectivity index (χ2n) is 4.00. The van der Waals surface area contributed by atoms with E-state index in [1.54, 1.807) is 13.0 Å². The van der Waals surface area contributed by atoms with E-state index in [1.807, 2.05) is 0 Å². The molecular weight excluding hydrogens is 251 g/mol. The zero-order valence-corrected chi connectivity index (χ0v) is 10.5. The number of nitrogens with zero attached hydrogens (tertiary/aromatic N) is 3. The molecule has 1 aromatic heterocycles. The average Bonchev–Trinajstić information content (AvgIpc) is 2.87. The summed E-state index contributed by atoms with van der Waals surface area (Å²) >= 11 is 0. The summed E-state index contributed by atoms with van der Waals surface area (Å²) in [6, 6.07) is 4.30. The van der Waals surface area contributed by atoms with Crippen LogP contribution in [-0.2, 0) is 4.74 Å². The van der Waals surface area contributed by atoms with E-state index in [1.165, 1.54) is 30.3 Å². The molecule has 7 heteroatoms. The third-order valence-electron chi connectivity index (χ3n) is 2.60. The number of esters is 1. The summed E-state index contributed by atoms with van der Waals surface area (Å²) in [5, 5.41) is 3.85. The van der Waals surface area contributed by atoms with Gasteiger partial charge in [0.25, 0.3) is 5.82 Å². The van der Waals surface area contributed by atoms with Crippen molar-refractivity contribution in [2.24, 2.45) is 5.73 Å². The van der Waals surface area contributed by atoms with Crippen LogP contribution < -0.4 is 5.73 Å². The zero-order valence-electron chi connectivity index (χ0n) is 10.5. The molecule has 0 aliphatic carbocycles. The molecule has 100 valence electrons. The highest BCUT2D eigenvalue weighted by molar-refractivity contribution is 5.84. The van der Waals surface area contributed by atoms with Crippen molar-refractivity contribution in [3.63, 3.8) is 0 Å². The summed E-state index contributed by atoms with van der Waals surface area (Å²) in [6.07, 6.45) is 1.25. The highest BCUT2D eigenvalue weighted by Crippen LogP contribution is 2.17. The fraction of sp³-hybridized carbons (Fsp3) is 0.250. The molecule has 2 aromatic rings. The normalized spacial score (nSPS) is 12.2. The van der Waals surface area contributed by atoms with Crippen LogP contribution in [0.2, 0.25) is 0 Å². The maximum atomic E-state index is 13.9. The van der Waals surface area contributed by atoms with Gasteiger partial charge in [-0.2, -0.15) is 0 Å². The first kappa shape index (κ1) is 13.2. The number of aromatic nitrogens is 3. The van der Waals surface area contributed by atoms with Crippen molar-refractivity contribution in [2.45, 2.75) is 13.0 Å². The van der Waals surface area contributed by atoms with Gasteiger partial charge in [-0.1, -0.05) is 6.07 Å². The standard InChI is InChI=1S/C12H13FN4O2/c1-7(14)8-3-4-10(9(13)5-8)17-6-15-11(16-17)12(18)19-2/h3-7H,14H2,1-2H3/t7-/m0/s1. The van der Waals surface area contributed by atoms with Gasteiger partial charge in [0.1, 0.15) is 17.8 Å². The molecular formula is C12H13FN4O2. The molecule has 0 saturated heterocycles. The number of carbonyl (C=O) groups is 1. The Labute approximate surface area is 109 Å². The summed E-state index contributed by atoms with van der Waals surface area (Å²) < 4.78 is 19.6. The lowest BCUT2D eigenvalue weighted by atomic mass is 10.1. The molecule has 0 radical (unpaired) electrons. The van der Waals surface area contributed by atoms with E-state index in [9.17, 15) is 9.18 Å². The smallest absolute Gasteiger partial charge is 0.377 e. The van der Waals surface area contributed by atoms with E-state index in [0.29, 0.717) is 5.56 Å². The highest BCUT2D eigenvalue weighted by Gasteiger charge is 2.14. The monoisotopic (exact) mass is 264 g/mol. The lowest BCUT2D eigenvalue weighted by molar-refractivity contribution is 0.0587. The van der Waals surface area contributed by atoms with Gasteiger partial charge in [-0.3, -0.25) is 0 Å². The minimum absolute atomic E-state index is 0.127. The van der Waals surface area contributed by atoms with Crippen molar-refractivity contribution in [3.8, 4) is 5.69 Å². The van der Waals surface area contributed by atoms with E-state index >= 15 is 0 Å². The Bertz CT molecular complexity index is 610. The second-order valence-corrected chi connectivity index (χ2v) is 4.00. The fourth-order valence-corrected chi connectivity index (χ4v) is 1.56. The molecule has 6 nitrogen and oxygen atoms in total. The largest absolute Gasteiger partial charge is 0.463 e. The number of hydrogen-bond acceptors (Lipinski definition) is 5. The molecule has 0 amide bonds. The SMILES string of the molecule is COC(=O)c1ncn(-c2ccc([C@H](C)N)cc2F)n1. The van der Waals surface area contributed by atoms with Crippen LogP contribution in [0.3, 0.4) is 0 Å². The van der Waals surface area contributed by atoms with Crippen LogP contribution in [0.15, 0.2) is 24.5 Å². The number of halogens is 1. The lowest BCUT2D eigenvalue weighted by Gasteiger charge is -2.08. The minimum atomic E-state index is -0.675. The number of nitrogens with two attached hydrogens (primary N) is 1. The molecule has 2 N–H and O–H groups in total. The number of hydrogen-bond donors (Lipinski definition) is 1. The van der Waals surface area contributed by atoms with Crippen molar-refractivity contribution < 1.29 is 13.9 Å². The molecule has 0 bridgehead atoms. The van der Waals surface area contributed by atoms with E-state index in [-0.39, 0.29) is 17.6 Å². The average molecular weight is 264 g/mol. The van der Waals surface area contributed by atoms with Gasteiger partial charge in [0.2, 0.25) is 0 Å². The Hall–Kier alpha value is -2.28. The van der Waals surface area contributed by atoms with Crippen molar-refractivity contribution in [3.05, 3.63) is 41.7 Å². The van der Waals surface area contributed by atoms with Gasteiger partial charge in [-0.15, -0.1) is 5.10 Å². The predicted molar refractivity (Wildman–Crippen MR) is 65.3 cm³/mol. The Morgan fingerprint density at radius 3 is 2.84 bits per heavy atom. The van der Waals surface area contributed by atoms with Crippen LogP contribution in [0.5, 0.6) is 0 Å². The molecule has 0 saturated carbocycles. The van der Waals surface area contributed by atoms with Crippen LogP contribution in [0.25, 0.3) is 5.69 Å². The number of rotatable bonds is 3. The third kappa shape index (κ3) is 2.60. The Kier molecular flexibility index (Phi) is 3.57. The molecule has 0 spiro atoms. The van der Waals surface area contributed by atoms with Crippen molar-refractivity contribution in [1.29, 1.82) is 0 Å². The topological polar surface area (TPSA) is 83.0 Å². The lowest BCUT2D eigenvalue weighted by Crippen LogP contribution is -2.08. The molecule has 0 unspecified atom stereocenters. The zero-order chi connectivity index (χ0) is 14.0. The summed E-state index contributed by atoms with van der Waals surface area (Å²) in [6.45, 7) is 1.76. The maximum Gasteiger partial charge on any atom is 0.377 e. The molecule has 1 atom stereocenters. The fourth-order valence-electron chi connectivity index (χ4n) is 1.56. The quantitative estimate of drug-likeness (QED) is 0.842. The Balaban J connectivity index is 2.37. The van der Waals surface area contributed by atoms with Gasteiger partial charge in [-0.25, -0.2) is 18.9 Å². The molecule has 1 aromatic carbocycles. The van der Waals surface area contributed by atoms with E-state index in [4.69, 9.17) is 5.73 Å². The summed E-state index contributed by atoms with van der Waals surface area (Å²) in [5.74, 6) is -1.29. The number of ether oxygens (including phenoxy) is 1. The first-order valence-electron chi connectivity index (χ1n) is 5.58. The van der Waals surface area contributed by atoms with Crippen molar-refractivity contribution in [2.75, 3.05) is 7.11 Å². The summed E-state index contributed by atoms with van der Waals surface area (Å²) in [4.78, 5) is 15.0. The van der Waals surface area contributed by atoms with E-state index in [2.05, 4.69) is 14.8 Å². The maximum absolute atomic E-state index is 13.9. The summed E-state index contributed by atoms with van der Waals surface area (Å²) in [5.41, 5.74) is 6.53. The molecule has 0 aliphatic heterocycles. The van der Waals surface area contributed by atoms with Crippen LogP contribution >= 0.6 is 0 Å². The predicted octanol–water partition coefficient (Wildman–Crippen LogP) is 1.21. The van der Waals surface area contributed by atoms with Crippen LogP contribution in [0.1, 0.15) is 29.1 Å². The van der Waals surface area contributed by atoms with Crippen LogP contribution in [0, 0.1) is 5.82 Å². The highest BCUT2D eigenvalue weighted by atomic mass is 19.1. The second kappa shape index (κ2) is 5.15. The van der Waals surface area contributed by atoms with E-state index in [0.717, 1.165) is 0 Å².